The van der Waals surface area contributed by atoms with Gasteiger partial charge in [0, 0.05) is 36.7 Å². The molecule has 0 N–H and O–H groups in total. The number of nitrogens with zero attached hydrogens (tertiary/aromatic N) is 4. The van der Waals surface area contributed by atoms with Crippen LogP contribution in [0, 0.1) is 0 Å². The molecule has 0 fully saturated rings. The smallest absolute Gasteiger partial charge is 0.288 e. The number of aliphatic imine (C=N–C) groups is 1. The lowest BCUT2D eigenvalue weighted by molar-refractivity contribution is 0.0131. The highest BCUT2D eigenvalue weighted by molar-refractivity contribution is 6.29. The topological polar surface area (TPSA) is 43.1 Å². The molecule has 0 unspecified atom stereocenters. The molecule has 2 aromatic rings. The number of rotatable bonds is 4. The lowest BCUT2D eigenvalue weighted by Gasteiger charge is -2.06. The summed E-state index contributed by atoms with van der Waals surface area (Å²) in [5.74, 6) is -2.64. The minimum atomic E-state index is -3.03. The highest BCUT2D eigenvalue weighted by atomic mass is 35.5. The van der Waals surface area contributed by atoms with Crippen molar-refractivity contribution in [3.05, 3.63) is 52.9 Å². The molecule has 0 atom stereocenters. The number of allylic oxidation sites excluding steroid dienone is 1. The Morgan fingerprint density at radius 3 is 2.70 bits per heavy atom. The van der Waals surface area contributed by atoms with E-state index in [4.69, 9.17) is 11.6 Å². The summed E-state index contributed by atoms with van der Waals surface area (Å²) in [6.07, 6.45) is 4.60. The van der Waals surface area contributed by atoms with Crippen molar-refractivity contribution in [2.24, 2.45) is 4.99 Å². The van der Waals surface area contributed by atoms with Crippen LogP contribution in [0.4, 0.5) is 8.78 Å². The van der Waals surface area contributed by atoms with Crippen LogP contribution in [0.15, 0.2) is 47.0 Å². The van der Waals surface area contributed by atoms with E-state index in [1.54, 1.807) is 22.8 Å². The van der Waals surface area contributed by atoms with Gasteiger partial charge in [-0.15, -0.1) is 0 Å². The van der Waals surface area contributed by atoms with Crippen LogP contribution in [0.5, 0.6) is 0 Å². The van der Waals surface area contributed by atoms with Crippen LogP contribution in [-0.2, 0) is 12.5 Å². The fraction of sp³-hybridized carbons (Fsp3) is 0.250. The van der Waals surface area contributed by atoms with Gasteiger partial charge in [0.25, 0.3) is 5.92 Å². The SMILES string of the molecule is CC1=NC(Cn2cc(C(C)(F)F)nc2-c2ccc(Cl)nc2)=C=C1. The van der Waals surface area contributed by atoms with Gasteiger partial charge in [-0.1, -0.05) is 17.3 Å². The molecule has 0 amide bonds. The molecule has 0 spiro atoms. The second kappa shape index (κ2) is 5.72. The maximum Gasteiger partial charge on any atom is 0.288 e. The average molecular weight is 335 g/mol. The second-order valence-electron chi connectivity index (χ2n) is 5.32. The minimum Gasteiger partial charge on any atom is -0.324 e. The molecule has 0 saturated carbocycles. The monoisotopic (exact) mass is 334 g/mol. The van der Waals surface area contributed by atoms with E-state index in [0.29, 0.717) is 28.8 Å². The molecule has 3 heterocycles. The Morgan fingerprint density at radius 2 is 2.13 bits per heavy atom. The van der Waals surface area contributed by atoms with E-state index in [-0.39, 0.29) is 5.69 Å². The zero-order valence-electron chi connectivity index (χ0n) is 12.5. The second-order valence-corrected chi connectivity index (χ2v) is 5.71. The van der Waals surface area contributed by atoms with E-state index in [1.165, 1.54) is 12.4 Å². The molecule has 0 aliphatic carbocycles. The summed E-state index contributed by atoms with van der Waals surface area (Å²) in [5, 5.41) is 0.328. The summed E-state index contributed by atoms with van der Waals surface area (Å²) in [4.78, 5) is 12.4. The van der Waals surface area contributed by atoms with E-state index in [9.17, 15) is 8.78 Å². The molecule has 0 bridgehead atoms. The molecule has 0 radical (unpaired) electrons. The van der Waals surface area contributed by atoms with Crippen LogP contribution >= 0.6 is 11.6 Å². The fourth-order valence-electron chi connectivity index (χ4n) is 2.19. The Morgan fingerprint density at radius 1 is 1.35 bits per heavy atom. The first-order valence-corrected chi connectivity index (χ1v) is 7.29. The number of alkyl halides is 2. The largest absolute Gasteiger partial charge is 0.324 e. The van der Waals surface area contributed by atoms with E-state index in [2.05, 4.69) is 20.7 Å². The first-order chi connectivity index (χ1) is 10.8. The fourth-order valence-corrected chi connectivity index (χ4v) is 2.31. The normalized spacial score (nSPS) is 14.1. The maximum atomic E-state index is 13.6. The molecule has 7 heteroatoms. The zero-order valence-corrected chi connectivity index (χ0v) is 13.3. The zero-order chi connectivity index (χ0) is 16.6. The van der Waals surface area contributed by atoms with Crippen LogP contribution in [0.2, 0.25) is 5.15 Å². The Kier molecular flexibility index (Phi) is 3.88. The van der Waals surface area contributed by atoms with Gasteiger partial charge in [0.1, 0.15) is 22.4 Å². The molecule has 2 aromatic heterocycles. The van der Waals surface area contributed by atoms with E-state index < -0.39 is 5.92 Å². The molecule has 0 saturated heterocycles. The third kappa shape index (κ3) is 3.38. The van der Waals surface area contributed by atoms with Gasteiger partial charge in [0.2, 0.25) is 0 Å². The highest BCUT2D eigenvalue weighted by Crippen LogP contribution is 2.30. The van der Waals surface area contributed by atoms with Crippen LogP contribution in [0.25, 0.3) is 11.4 Å². The molecule has 0 aromatic carbocycles. The van der Waals surface area contributed by atoms with Crippen LogP contribution in [0.1, 0.15) is 19.5 Å². The number of imidazole rings is 1. The molecular formula is C16H13ClF2N4. The van der Waals surface area contributed by atoms with Crippen molar-refractivity contribution in [2.75, 3.05) is 0 Å². The first-order valence-electron chi connectivity index (χ1n) is 6.91. The van der Waals surface area contributed by atoms with Gasteiger partial charge in [0.15, 0.2) is 0 Å². The van der Waals surface area contributed by atoms with Crippen molar-refractivity contribution in [3.63, 3.8) is 0 Å². The number of hydrogen-bond acceptors (Lipinski definition) is 3. The van der Waals surface area contributed by atoms with Gasteiger partial charge in [-0.3, -0.25) is 0 Å². The van der Waals surface area contributed by atoms with Gasteiger partial charge in [-0.05, 0) is 19.1 Å². The Hall–Kier alpha value is -2.30. The highest BCUT2D eigenvalue weighted by Gasteiger charge is 2.29. The number of halogens is 3. The predicted octanol–water partition coefficient (Wildman–Crippen LogP) is 4.22. The molecule has 23 heavy (non-hydrogen) atoms. The number of pyridine rings is 1. The average Bonchev–Trinajstić information content (AvgIpc) is 3.07. The van der Waals surface area contributed by atoms with E-state index >= 15 is 0 Å². The minimum absolute atomic E-state index is 0.300. The Labute approximate surface area is 136 Å². The Bertz CT molecular complexity index is 838. The molecule has 4 nitrogen and oxygen atoms in total. The van der Waals surface area contributed by atoms with Crippen LogP contribution < -0.4 is 0 Å². The summed E-state index contributed by atoms with van der Waals surface area (Å²) in [7, 11) is 0. The van der Waals surface area contributed by atoms with Crippen molar-refractivity contribution in [1.29, 1.82) is 0 Å². The third-order valence-corrected chi connectivity index (χ3v) is 3.51. The molecule has 1 aliphatic rings. The number of hydrogen-bond donors (Lipinski definition) is 0. The molecule has 3 rings (SSSR count). The summed E-state index contributed by atoms with van der Waals surface area (Å²) in [5.41, 5.74) is 4.80. The molecular weight excluding hydrogens is 322 g/mol. The van der Waals surface area contributed by atoms with Gasteiger partial charge in [-0.2, -0.15) is 8.78 Å². The van der Waals surface area contributed by atoms with Crippen molar-refractivity contribution >= 4 is 17.3 Å². The summed E-state index contributed by atoms with van der Waals surface area (Å²) < 4.78 is 28.9. The van der Waals surface area contributed by atoms with Crippen LogP contribution in [0.3, 0.4) is 0 Å². The molecule has 1 aliphatic heterocycles. The van der Waals surface area contributed by atoms with Gasteiger partial charge in [-0.25, -0.2) is 15.0 Å². The van der Waals surface area contributed by atoms with Crippen LogP contribution in [-0.4, -0.2) is 20.2 Å². The Balaban J connectivity index is 2.04. The predicted molar refractivity (Wildman–Crippen MR) is 84.7 cm³/mol. The van der Waals surface area contributed by atoms with Crippen molar-refractivity contribution in [2.45, 2.75) is 26.3 Å². The summed E-state index contributed by atoms with van der Waals surface area (Å²) >= 11 is 5.78. The maximum absolute atomic E-state index is 13.6. The number of aromatic nitrogens is 3. The van der Waals surface area contributed by atoms with Crippen molar-refractivity contribution < 1.29 is 8.78 Å². The van der Waals surface area contributed by atoms with Gasteiger partial charge in [0.05, 0.1) is 6.54 Å². The molecule has 118 valence electrons. The standard InChI is InChI=1S/C16H13ClF2N4/c1-10-3-5-12(21-10)8-23-9-13(16(2,18)19)22-15(23)11-4-6-14(17)20-7-11/h3-4,6-7,9H,8H2,1-2H3. The van der Waals surface area contributed by atoms with Crippen molar-refractivity contribution in [3.8, 4) is 11.4 Å². The van der Waals surface area contributed by atoms with Gasteiger partial charge >= 0.3 is 0 Å². The summed E-state index contributed by atoms with van der Waals surface area (Å²) in [6, 6.07) is 3.29. The lowest BCUT2D eigenvalue weighted by Crippen LogP contribution is -2.07. The first kappa shape index (κ1) is 15.6. The van der Waals surface area contributed by atoms with Crippen molar-refractivity contribution in [1.82, 2.24) is 14.5 Å². The van der Waals surface area contributed by atoms with E-state index in [1.807, 2.05) is 6.92 Å². The quantitative estimate of drug-likeness (QED) is 0.620. The van der Waals surface area contributed by atoms with E-state index in [0.717, 1.165) is 12.6 Å². The lowest BCUT2D eigenvalue weighted by atomic mass is 10.2. The third-order valence-electron chi connectivity index (χ3n) is 3.29. The van der Waals surface area contributed by atoms with Gasteiger partial charge < -0.3 is 4.57 Å². The summed E-state index contributed by atoms with van der Waals surface area (Å²) in [6.45, 7) is 2.97.